The van der Waals surface area contributed by atoms with Crippen molar-refractivity contribution in [1.82, 2.24) is 0 Å². The lowest BCUT2D eigenvalue weighted by atomic mass is 10.2. The van der Waals surface area contributed by atoms with Crippen molar-refractivity contribution in [2.24, 2.45) is 0 Å². The summed E-state index contributed by atoms with van der Waals surface area (Å²) in [5, 5.41) is 0. The summed E-state index contributed by atoms with van der Waals surface area (Å²) in [6, 6.07) is 10.7. The lowest BCUT2D eigenvalue weighted by Crippen LogP contribution is -2.14. The first kappa shape index (κ1) is 14.0. The minimum atomic E-state index is -3.75. The second-order valence-corrected chi connectivity index (χ2v) is 6.45. The number of anilines is 1. The molecule has 0 fully saturated rings. The highest BCUT2D eigenvalue weighted by Crippen LogP contribution is 2.25. The molecule has 0 amide bonds. The lowest BCUT2D eigenvalue weighted by Gasteiger charge is -2.11. The molecular formula is C13H11BrFNO2S. The Bertz CT molecular complexity index is 716. The van der Waals surface area contributed by atoms with Crippen LogP contribution in [0, 0.1) is 12.7 Å². The third kappa shape index (κ3) is 2.96. The number of benzene rings is 2. The second kappa shape index (κ2) is 5.30. The zero-order valence-electron chi connectivity index (χ0n) is 10.0. The van der Waals surface area contributed by atoms with Crippen LogP contribution in [0.15, 0.2) is 51.8 Å². The molecule has 2 rings (SSSR count). The van der Waals surface area contributed by atoms with Crippen molar-refractivity contribution >= 4 is 31.6 Å². The van der Waals surface area contributed by atoms with Gasteiger partial charge in [0.1, 0.15) is 10.7 Å². The van der Waals surface area contributed by atoms with Crippen molar-refractivity contribution in [3.63, 3.8) is 0 Å². The number of nitrogens with one attached hydrogen (secondary N) is 1. The van der Waals surface area contributed by atoms with E-state index in [9.17, 15) is 12.8 Å². The smallest absolute Gasteiger partial charge is 0.263 e. The summed E-state index contributed by atoms with van der Waals surface area (Å²) in [5.74, 6) is -0.452. The van der Waals surface area contributed by atoms with Gasteiger partial charge in [-0.3, -0.25) is 4.72 Å². The van der Waals surface area contributed by atoms with Crippen LogP contribution in [-0.2, 0) is 10.0 Å². The highest BCUT2D eigenvalue weighted by Gasteiger charge is 2.18. The Balaban J connectivity index is 2.43. The topological polar surface area (TPSA) is 46.2 Å². The third-order valence-electron chi connectivity index (χ3n) is 2.64. The van der Waals surface area contributed by atoms with Crippen LogP contribution in [0.3, 0.4) is 0 Å². The van der Waals surface area contributed by atoms with Gasteiger partial charge in [-0.15, -0.1) is 0 Å². The van der Waals surface area contributed by atoms with Gasteiger partial charge in [0.05, 0.1) is 5.69 Å². The van der Waals surface area contributed by atoms with Crippen molar-refractivity contribution in [2.45, 2.75) is 11.8 Å². The average molecular weight is 344 g/mol. The number of hydrogen-bond acceptors (Lipinski definition) is 2. The molecule has 3 nitrogen and oxygen atoms in total. The van der Waals surface area contributed by atoms with E-state index in [-0.39, 0.29) is 16.1 Å². The molecule has 0 aliphatic carbocycles. The predicted molar refractivity (Wildman–Crippen MR) is 76.1 cm³/mol. The average Bonchev–Trinajstić information content (AvgIpc) is 2.35. The Hall–Kier alpha value is -1.40. The quantitative estimate of drug-likeness (QED) is 0.923. The summed E-state index contributed by atoms with van der Waals surface area (Å²) < 4.78 is 40.7. The van der Waals surface area contributed by atoms with Crippen LogP contribution < -0.4 is 4.72 Å². The van der Waals surface area contributed by atoms with Crippen molar-refractivity contribution in [1.29, 1.82) is 0 Å². The summed E-state index contributed by atoms with van der Waals surface area (Å²) in [5.41, 5.74) is 0.494. The van der Waals surface area contributed by atoms with E-state index in [0.29, 0.717) is 4.47 Å². The predicted octanol–water partition coefficient (Wildman–Crippen LogP) is 3.70. The van der Waals surface area contributed by atoms with Crippen molar-refractivity contribution < 1.29 is 12.8 Å². The molecule has 2 aromatic carbocycles. The van der Waals surface area contributed by atoms with E-state index in [2.05, 4.69) is 20.7 Å². The lowest BCUT2D eigenvalue weighted by molar-refractivity contribution is 0.600. The molecule has 2 aromatic rings. The van der Waals surface area contributed by atoms with E-state index >= 15 is 0 Å². The van der Waals surface area contributed by atoms with Gasteiger partial charge in [-0.25, -0.2) is 12.8 Å². The minimum Gasteiger partial charge on any atom is -0.279 e. The first-order chi connectivity index (χ1) is 8.92. The Morgan fingerprint density at radius 3 is 2.47 bits per heavy atom. The van der Waals surface area contributed by atoms with Crippen LogP contribution in [0.2, 0.25) is 0 Å². The highest BCUT2D eigenvalue weighted by atomic mass is 79.9. The fraction of sp³-hybridized carbons (Fsp3) is 0.0769. The molecule has 0 aliphatic heterocycles. The Labute approximate surface area is 119 Å². The molecule has 0 unspecified atom stereocenters. The van der Waals surface area contributed by atoms with Gasteiger partial charge in [-0.1, -0.05) is 18.2 Å². The van der Waals surface area contributed by atoms with E-state index in [1.165, 1.54) is 31.2 Å². The van der Waals surface area contributed by atoms with Gasteiger partial charge < -0.3 is 0 Å². The molecule has 0 spiro atoms. The zero-order valence-corrected chi connectivity index (χ0v) is 12.4. The fourth-order valence-electron chi connectivity index (χ4n) is 1.58. The minimum absolute atomic E-state index is 0.110. The van der Waals surface area contributed by atoms with Gasteiger partial charge in [0, 0.05) is 10.0 Å². The van der Waals surface area contributed by atoms with Gasteiger partial charge in [0.25, 0.3) is 10.0 Å². The number of sulfonamides is 1. The van der Waals surface area contributed by atoms with Crippen LogP contribution >= 0.6 is 15.9 Å². The molecular weight excluding hydrogens is 333 g/mol. The van der Waals surface area contributed by atoms with E-state index in [0.717, 1.165) is 0 Å². The Morgan fingerprint density at radius 1 is 1.11 bits per heavy atom. The normalized spacial score (nSPS) is 11.3. The molecule has 100 valence electrons. The first-order valence-corrected chi connectivity index (χ1v) is 7.72. The molecule has 0 atom stereocenters. The number of halogens is 2. The van der Waals surface area contributed by atoms with E-state index < -0.39 is 15.8 Å². The van der Waals surface area contributed by atoms with Gasteiger partial charge in [0.2, 0.25) is 0 Å². The molecule has 19 heavy (non-hydrogen) atoms. The molecule has 1 N–H and O–H groups in total. The molecule has 0 saturated carbocycles. The maximum atomic E-state index is 13.4. The molecule has 6 heteroatoms. The Morgan fingerprint density at radius 2 is 1.79 bits per heavy atom. The molecule has 0 radical (unpaired) electrons. The van der Waals surface area contributed by atoms with Crippen molar-refractivity contribution in [3.05, 3.63) is 58.3 Å². The van der Waals surface area contributed by atoms with Crippen LogP contribution in [0.4, 0.5) is 10.1 Å². The maximum absolute atomic E-state index is 13.4. The molecule has 0 heterocycles. The van der Waals surface area contributed by atoms with Gasteiger partial charge >= 0.3 is 0 Å². The summed E-state index contributed by atoms with van der Waals surface area (Å²) in [4.78, 5) is 0.110. The summed E-state index contributed by atoms with van der Waals surface area (Å²) in [6.07, 6.45) is 0. The first-order valence-electron chi connectivity index (χ1n) is 5.44. The van der Waals surface area contributed by atoms with Gasteiger partial charge in [0.15, 0.2) is 0 Å². The van der Waals surface area contributed by atoms with Crippen LogP contribution in [0.25, 0.3) is 0 Å². The van der Waals surface area contributed by atoms with Crippen LogP contribution in [0.5, 0.6) is 0 Å². The molecule has 0 aromatic heterocycles. The van der Waals surface area contributed by atoms with Crippen molar-refractivity contribution in [2.75, 3.05) is 4.72 Å². The molecule has 0 saturated heterocycles. The number of hydrogen-bond donors (Lipinski definition) is 1. The van der Waals surface area contributed by atoms with E-state index in [4.69, 9.17) is 0 Å². The second-order valence-electron chi connectivity index (χ2n) is 3.95. The highest BCUT2D eigenvalue weighted by molar-refractivity contribution is 9.10. The van der Waals surface area contributed by atoms with Crippen LogP contribution in [0.1, 0.15) is 5.56 Å². The maximum Gasteiger partial charge on any atom is 0.263 e. The van der Waals surface area contributed by atoms with Crippen LogP contribution in [-0.4, -0.2) is 8.42 Å². The standard InChI is InChI=1S/C13H11BrFNO2S/c1-9-11(15)6-4-7-12(9)16-19(17,18)13-8-3-2-5-10(13)14/h2-8,16H,1H3. The van der Waals surface area contributed by atoms with Gasteiger partial charge in [-0.05, 0) is 47.1 Å². The fourth-order valence-corrected chi connectivity index (χ4v) is 3.71. The monoisotopic (exact) mass is 343 g/mol. The molecule has 0 bridgehead atoms. The zero-order chi connectivity index (χ0) is 14.0. The largest absolute Gasteiger partial charge is 0.279 e. The van der Waals surface area contributed by atoms with E-state index in [1.54, 1.807) is 18.2 Å². The third-order valence-corrected chi connectivity index (χ3v) is 5.02. The number of rotatable bonds is 3. The van der Waals surface area contributed by atoms with Gasteiger partial charge in [-0.2, -0.15) is 0 Å². The van der Waals surface area contributed by atoms with E-state index in [1.807, 2.05) is 0 Å². The SMILES string of the molecule is Cc1c(F)cccc1NS(=O)(=O)c1ccccc1Br. The summed E-state index contributed by atoms with van der Waals surface area (Å²) in [7, 11) is -3.75. The molecule has 0 aliphatic rings. The summed E-state index contributed by atoms with van der Waals surface area (Å²) >= 11 is 3.19. The van der Waals surface area contributed by atoms with Crippen molar-refractivity contribution in [3.8, 4) is 0 Å². The Kier molecular flexibility index (Phi) is 3.91. The summed E-state index contributed by atoms with van der Waals surface area (Å²) in [6.45, 7) is 1.52.